The van der Waals surface area contributed by atoms with Gasteiger partial charge in [-0.1, -0.05) is 24.6 Å². The minimum Gasteiger partial charge on any atom is -0.334 e. The van der Waals surface area contributed by atoms with Gasteiger partial charge in [0.15, 0.2) is 5.54 Å². The summed E-state index contributed by atoms with van der Waals surface area (Å²) in [5.41, 5.74) is -2.28. The molecule has 5 rings (SSSR count). The maximum Gasteiger partial charge on any atom is 0.416 e. The molecule has 0 bridgehead atoms. The molecule has 2 heterocycles. The van der Waals surface area contributed by atoms with Gasteiger partial charge in [-0.2, -0.15) is 31.4 Å². The average Bonchev–Trinajstić information content (AvgIpc) is 3.70. The van der Waals surface area contributed by atoms with Crippen molar-refractivity contribution in [2.45, 2.75) is 100 Å². The van der Waals surface area contributed by atoms with E-state index in [9.17, 15) is 31.2 Å². The molecule has 1 fully saturated rings. The van der Waals surface area contributed by atoms with Gasteiger partial charge in [-0.15, -0.1) is 0 Å². The highest BCUT2D eigenvalue weighted by molar-refractivity contribution is 7.91. The Labute approximate surface area is 250 Å². The second-order valence-corrected chi connectivity index (χ2v) is 13.6. The third-order valence-electron chi connectivity index (χ3n) is 8.38. The van der Waals surface area contributed by atoms with Crippen LogP contribution in [0.2, 0.25) is 0 Å². The molecule has 0 saturated heterocycles. The van der Waals surface area contributed by atoms with Crippen molar-refractivity contribution in [3.63, 3.8) is 0 Å². The molecular weight excluding hydrogens is 614 g/mol. The van der Waals surface area contributed by atoms with E-state index < -0.39 is 69.0 Å². The van der Waals surface area contributed by atoms with Crippen LogP contribution in [0.4, 0.5) is 26.3 Å². The molecule has 1 atom stereocenters. The molecule has 8 nitrogen and oxygen atoms in total. The lowest BCUT2D eigenvalue weighted by Crippen LogP contribution is -2.59. The van der Waals surface area contributed by atoms with Crippen LogP contribution in [0.25, 0.3) is 5.57 Å². The van der Waals surface area contributed by atoms with Crippen LogP contribution in [0.1, 0.15) is 80.0 Å². The summed E-state index contributed by atoms with van der Waals surface area (Å²) in [6, 6.07) is 4.97. The van der Waals surface area contributed by atoms with Crippen molar-refractivity contribution in [1.29, 1.82) is 0 Å². The number of nitrogens with zero attached hydrogens (tertiary/aromatic N) is 2. The number of rotatable bonds is 10. The lowest BCUT2D eigenvalue weighted by atomic mass is 9.76. The SMILES string of the molecule is O=C1N[C@@](c2cnn(CCCCCC(F)(F)F)c2)(C(F)(F)F)CC(c2ccc3c(c2)CCCC3)=C1C(=O)NS(=O)(=O)C1CC1. The van der Waals surface area contributed by atoms with E-state index in [4.69, 9.17) is 0 Å². The number of benzene rings is 1. The molecule has 240 valence electrons. The van der Waals surface area contributed by atoms with Crippen molar-refractivity contribution >= 4 is 27.4 Å². The van der Waals surface area contributed by atoms with Crippen LogP contribution in [0.15, 0.2) is 36.2 Å². The number of carbonyl (C=O) groups is 2. The summed E-state index contributed by atoms with van der Waals surface area (Å²) in [6.07, 6.45) is -5.00. The molecular formula is C29H32F6N4O4S. The van der Waals surface area contributed by atoms with Gasteiger partial charge in [0.25, 0.3) is 11.8 Å². The largest absolute Gasteiger partial charge is 0.416 e. The Morgan fingerprint density at radius 2 is 1.75 bits per heavy atom. The van der Waals surface area contributed by atoms with Crippen LogP contribution >= 0.6 is 0 Å². The Kier molecular flexibility index (Phi) is 8.64. The minimum absolute atomic E-state index is 0.0555. The summed E-state index contributed by atoms with van der Waals surface area (Å²) in [7, 11) is -4.12. The van der Waals surface area contributed by atoms with Gasteiger partial charge < -0.3 is 5.32 Å². The van der Waals surface area contributed by atoms with E-state index in [0.29, 0.717) is 19.3 Å². The first-order valence-electron chi connectivity index (χ1n) is 14.5. The fourth-order valence-corrected chi connectivity index (χ4v) is 7.12. The number of aromatic nitrogens is 2. The smallest absolute Gasteiger partial charge is 0.334 e. The number of hydrogen-bond donors (Lipinski definition) is 2. The molecule has 0 spiro atoms. The molecule has 44 heavy (non-hydrogen) atoms. The highest BCUT2D eigenvalue weighted by Crippen LogP contribution is 2.48. The summed E-state index contributed by atoms with van der Waals surface area (Å²) < 4.78 is 110. The summed E-state index contributed by atoms with van der Waals surface area (Å²) in [6.45, 7) is 0.0555. The monoisotopic (exact) mass is 646 g/mol. The second kappa shape index (κ2) is 11.9. The zero-order valence-corrected chi connectivity index (χ0v) is 24.5. The van der Waals surface area contributed by atoms with Gasteiger partial charge in [0.2, 0.25) is 10.0 Å². The predicted octanol–water partition coefficient (Wildman–Crippen LogP) is 5.22. The first-order valence-corrected chi connectivity index (χ1v) is 16.0. The fourth-order valence-electron chi connectivity index (χ4n) is 5.83. The highest BCUT2D eigenvalue weighted by Gasteiger charge is 2.61. The summed E-state index contributed by atoms with van der Waals surface area (Å²) in [4.78, 5) is 26.8. The van der Waals surface area contributed by atoms with E-state index in [1.54, 1.807) is 18.2 Å². The van der Waals surface area contributed by atoms with Crippen LogP contribution in [-0.2, 0) is 44.5 Å². The van der Waals surface area contributed by atoms with Crippen LogP contribution in [0.5, 0.6) is 0 Å². The Hall–Kier alpha value is -3.36. The minimum atomic E-state index is -5.08. The molecule has 1 aromatic carbocycles. The van der Waals surface area contributed by atoms with Crippen molar-refractivity contribution in [2.75, 3.05) is 0 Å². The van der Waals surface area contributed by atoms with Crippen molar-refractivity contribution in [3.05, 3.63) is 58.4 Å². The first kappa shape index (κ1) is 32.0. The maximum absolute atomic E-state index is 15.0. The summed E-state index contributed by atoms with van der Waals surface area (Å²) in [5.74, 6) is -2.68. The number of amides is 2. The van der Waals surface area contributed by atoms with Gasteiger partial charge in [0.05, 0.1) is 11.4 Å². The van der Waals surface area contributed by atoms with Crippen molar-refractivity contribution < 1.29 is 44.3 Å². The summed E-state index contributed by atoms with van der Waals surface area (Å²) >= 11 is 0. The van der Waals surface area contributed by atoms with E-state index >= 15 is 13.2 Å². The second-order valence-electron chi connectivity index (χ2n) is 11.7. The molecule has 2 aromatic rings. The van der Waals surface area contributed by atoms with Crippen LogP contribution in [0, 0.1) is 0 Å². The van der Waals surface area contributed by atoms with Gasteiger partial charge >= 0.3 is 12.4 Å². The Balaban J connectivity index is 1.51. The lowest BCUT2D eigenvalue weighted by molar-refractivity contribution is -0.202. The number of nitrogens with one attached hydrogen (secondary N) is 2. The zero-order chi connectivity index (χ0) is 31.9. The van der Waals surface area contributed by atoms with E-state index in [0.717, 1.165) is 42.8 Å². The molecule has 0 radical (unpaired) electrons. The molecule has 1 saturated carbocycles. The molecule has 2 aliphatic carbocycles. The van der Waals surface area contributed by atoms with Gasteiger partial charge in [-0.3, -0.25) is 14.3 Å². The molecule has 2 amide bonds. The van der Waals surface area contributed by atoms with Gasteiger partial charge in [-0.25, -0.2) is 13.1 Å². The Morgan fingerprint density at radius 1 is 1.05 bits per heavy atom. The Bertz CT molecular complexity index is 1580. The van der Waals surface area contributed by atoms with Crippen molar-refractivity contribution in [3.8, 4) is 0 Å². The number of alkyl halides is 6. The van der Waals surface area contributed by atoms with Crippen LogP contribution < -0.4 is 10.0 Å². The molecule has 1 aliphatic heterocycles. The molecule has 1 aromatic heterocycles. The number of fused-ring (bicyclic) bond motifs is 1. The fraction of sp³-hybridized carbons (Fsp3) is 0.552. The number of aryl methyl sites for hydroxylation is 3. The van der Waals surface area contributed by atoms with Crippen LogP contribution in [0.3, 0.4) is 0 Å². The summed E-state index contributed by atoms with van der Waals surface area (Å²) in [5, 5.41) is 5.13. The van der Waals surface area contributed by atoms with Crippen molar-refractivity contribution in [1.82, 2.24) is 19.8 Å². The lowest BCUT2D eigenvalue weighted by Gasteiger charge is -2.40. The molecule has 0 unspecified atom stereocenters. The number of carbonyl (C=O) groups excluding carboxylic acids is 2. The third-order valence-corrected chi connectivity index (χ3v) is 10.2. The first-order chi connectivity index (χ1) is 20.6. The van der Waals surface area contributed by atoms with Crippen LogP contribution in [-0.4, -0.2) is 47.6 Å². The number of sulfonamides is 1. The number of hydrogen-bond acceptors (Lipinski definition) is 5. The van der Waals surface area contributed by atoms with Crippen molar-refractivity contribution in [2.24, 2.45) is 0 Å². The molecule has 3 aliphatic rings. The van der Waals surface area contributed by atoms with Gasteiger partial charge in [0, 0.05) is 31.1 Å². The molecule has 2 N–H and O–H groups in total. The highest BCUT2D eigenvalue weighted by atomic mass is 32.2. The van der Waals surface area contributed by atoms with Gasteiger partial charge in [0.1, 0.15) is 5.57 Å². The Morgan fingerprint density at radius 3 is 2.41 bits per heavy atom. The third kappa shape index (κ3) is 6.81. The topological polar surface area (TPSA) is 110 Å². The van der Waals surface area contributed by atoms with E-state index in [2.05, 4.69) is 5.10 Å². The normalized spacial score (nSPS) is 21.2. The maximum atomic E-state index is 15.0. The van der Waals surface area contributed by atoms with E-state index in [-0.39, 0.29) is 36.9 Å². The van der Waals surface area contributed by atoms with Gasteiger partial charge in [-0.05, 0) is 73.6 Å². The van der Waals surface area contributed by atoms with E-state index in [1.807, 2.05) is 10.0 Å². The standard InChI is InChI=1S/C29H32F6N4O4S/c30-28(31,32)12-4-1-5-13-39-17-21(16-36-39)27(29(33,34)35)15-23(20-9-8-18-6-2-3-7-19(18)14-20)24(25(40)37-27)26(41)38-44(42,43)22-10-11-22/h8-9,14,16-17,22H,1-7,10-13,15H2,(H,37,40)(H,38,41)/t27-/m0/s1. The average molecular weight is 647 g/mol. The number of unbranched alkanes of at least 4 members (excludes halogenated alkanes) is 2. The predicted molar refractivity (Wildman–Crippen MR) is 147 cm³/mol. The molecule has 15 heteroatoms. The quantitative estimate of drug-likeness (QED) is 0.209. The van der Waals surface area contributed by atoms with E-state index in [1.165, 1.54) is 4.68 Å². The number of halogens is 6. The zero-order valence-electron chi connectivity index (χ0n) is 23.7.